The number of esters is 2. The lowest BCUT2D eigenvalue weighted by atomic mass is 9.99. The topological polar surface area (TPSA) is 100 Å². The molecule has 1 aliphatic carbocycles. The molecule has 1 saturated carbocycles. The van der Waals surface area contributed by atoms with Crippen molar-refractivity contribution in [2.45, 2.75) is 37.7 Å². The molecular formula is C15H17N3O6S. The molecule has 1 spiro atoms. The molecule has 3 atom stereocenters. The number of hydrogen-bond donors (Lipinski definition) is 0. The van der Waals surface area contributed by atoms with E-state index in [9.17, 15) is 9.59 Å². The Hall–Kier alpha value is -1.94. The standard InChI is InChI=1S/C15H17N3O6S/c19-13-14(20)24-15(23-13)10(9-3-5-18(15)7-9)22-12-11(16-25-17-12)21-6-4-8-1-2-8/h8-10H,1-7H2. The smallest absolute Gasteiger partial charge is 0.422 e. The molecule has 0 amide bonds. The van der Waals surface area contributed by atoms with Crippen LogP contribution in [0.5, 0.6) is 11.8 Å². The molecule has 4 heterocycles. The Morgan fingerprint density at radius 3 is 2.68 bits per heavy atom. The number of carbonyl (C=O) groups excluding carboxylic acids is 2. The molecular weight excluding hydrogens is 350 g/mol. The van der Waals surface area contributed by atoms with Crippen LogP contribution in [-0.2, 0) is 19.1 Å². The molecule has 4 fully saturated rings. The van der Waals surface area contributed by atoms with Crippen molar-refractivity contribution in [1.82, 2.24) is 13.6 Å². The van der Waals surface area contributed by atoms with Gasteiger partial charge >= 0.3 is 17.8 Å². The van der Waals surface area contributed by atoms with Crippen LogP contribution in [-0.4, -0.2) is 57.3 Å². The maximum atomic E-state index is 11.6. The van der Waals surface area contributed by atoms with E-state index in [0.717, 1.165) is 30.5 Å². The lowest BCUT2D eigenvalue weighted by molar-refractivity contribution is -0.273. The van der Waals surface area contributed by atoms with Crippen molar-refractivity contribution in [2.24, 2.45) is 11.8 Å². The van der Waals surface area contributed by atoms with Gasteiger partial charge in [-0.25, -0.2) is 14.5 Å². The second kappa shape index (κ2) is 5.53. The third kappa shape index (κ3) is 2.46. The van der Waals surface area contributed by atoms with Crippen molar-refractivity contribution < 1.29 is 28.5 Å². The van der Waals surface area contributed by atoms with Gasteiger partial charge in [0.15, 0.2) is 6.10 Å². The van der Waals surface area contributed by atoms with E-state index in [4.69, 9.17) is 18.9 Å². The van der Waals surface area contributed by atoms with Crippen LogP contribution in [0.15, 0.2) is 0 Å². The lowest BCUT2D eigenvalue weighted by Crippen LogP contribution is -2.57. The summed E-state index contributed by atoms with van der Waals surface area (Å²) in [6, 6.07) is 0. The molecule has 4 aliphatic rings. The van der Waals surface area contributed by atoms with Crippen LogP contribution in [0, 0.1) is 11.8 Å². The van der Waals surface area contributed by atoms with Crippen LogP contribution in [0.4, 0.5) is 0 Å². The Morgan fingerprint density at radius 2 is 1.92 bits per heavy atom. The third-order valence-electron chi connectivity index (χ3n) is 5.23. The van der Waals surface area contributed by atoms with Crippen LogP contribution in [0.2, 0.25) is 0 Å². The Bertz CT molecular complexity index is 704. The molecule has 134 valence electrons. The van der Waals surface area contributed by atoms with E-state index >= 15 is 0 Å². The van der Waals surface area contributed by atoms with Crippen LogP contribution >= 0.6 is 11.7 Å². The summed E-state index contributed by atoms with van der Waals surface area (Å²) in [5, 5.41) is 0. The van der Waals surface area contributed by atoms with Gasteiger partial charge < -0.3 is 18.9 Å². The van der Waals surface area contributed by atoms with Crippen molar-refractivity contribution in [3.05, 3.63) is 0 Å². The van der Waals surface area contributed by atoms with Crippen LogP contribution in [0.3, 0.4) is 0 Å². The first-order valence-corrected chi connectivity index (χ1v) is 9.22. The van der Waals surface area contributed by atoms with Gasteiger partial charge in [0, 0.05) is 19.0 Å². The highest BCUT2D eigenvalue weighted by molar-refractivity contribution is 6.99. The van der Waals surface area contributed by atoms with Gasteiger partial charge in [-0.2, -0.15) is 0 Å². The first kappa shape index (κ1) is 15.3. The molecule has 1 aromatic rings. The minimum absolute atomic E-state index is 0.0831. The fraction of sp³-hybridized carbons (Fsp3) is 0.733. The van der Waals surface area contributed by atoms with Crippen molar-refractivity contribution in [3.63, 3.8) is 0 Å². The van der Waals surface area contributed by atoms with Gasteiger partial charge in [-0.05, 0) is 18.8 Å². The number of nitrogens with zero attached hydrogens (tertiary/aromatic N) is 3. The van der Waals surface area contributed by atoms with Crippen LogP contribution < -0.4 is 9.47 Å². The fourth-order valence-electron chi connectivity index (χ4n) is 3.76. The van der Waals surface area contributed by atoms with Gasteiger partial charge in [0.1, 0.15) is 0 Å². The summed E-state index contributed by atoms with van der Waals surface area (Å²) in [5.74, 6) is -2.01. The highest BCUT2D eigenvalue weighted by Gasteiger charge is 2.69. The summed E-state index contributed by atoms with van der Waals surface area (Å²) in [6.07, 6.45) is 3.76. The maximum absolute atomic E-state index is 11.6. The van der Waals surface area contributed by atoms with Gasteiger partial charge in [0.25, 0.3) is 11.8 Å². The average molecular weight is 367 g/mol. The first-order chi connectivity index (χ1) is 12.2. The van der Waals surface area contributed by atoms with Crippen LogP contribution in [0.1, 0.15) is 25.7 Å². The van der Waals surface area contributed by atoms with Gasteiger partial charge in [-0.1, -0.05) is 12.8 Å². The number of ether oxygens (including phenoxy) is 4. The number of fused-ring (bicyclic) bond motifs is 3. The summed E-state index contributed by atoms with van der Waals surface area (Å²) in [6.45, 7) is 1.90. The summed E-state index contributed by atoms with van der Waals surface area (Å²) < 4.78 is 30.6. The summed E-state index contributed by atoms with van der Waals surface area (Å²) in [4.78, 5) is 25.0. The number of carbonyl (C=O) groups is 2. The normalized spacial score (nSPS) is 32.1. The Balaban J connectivity index is 1.33. The second-order valence-corrected chi connectivity index (χ2v) is 7.43. The maximum Gasteiger partial charge on any atom is 0.422 e. The van der Waals surface area contributed by atoms with Gasteiger partial charge in [-0.15, -0.1) is 8.75 Å². The monoisotopic (exact) mass is 367 g/mol. The molecule has 0 radical (unpaired) electrons. The number of rotatable bonds is 6. The molecule has 3 saturated heterocycles. The third-order valence-corrected chi connectivity index (χ3v) is 5.72. The second-order valence-electron chi connectivity index (χ2n) is 6.90. The van der Waals surface area contributed by atoms with Crippen molar-refractivity contribution in [2.75, 3.05) is 19.7 Å². The van der Waals surface area contributed by atoms with Crippen molar-refractivity contribution >= 4 is 23.7 Å². The minimum Gasteiger partial charge on any atom is -0.473 e. The predicted octanol–water partition coefficient (Wildman–Crippen LogP) is 0.554. The van der Waals surface area contributed by atoms with Gasteiger partial charge in [-0.3, -0.25) is 0 Å². The van der Waals surface area contributed by atoms with E-state index in [0.29, 0.717) is 25.6 Å². The molecule has 3 aliphatic heterocycles. The SMILES string of the molecule is O=C1OC2(OC1=O)C(Oc1nsnc1OCCC1CC1)C1CCN2C1. The Morgan fingerprint density at radius 1 is 1.16 bits per heavy atom. The summed E-state index contributed by atoms with van der Waals surface area (Å²) in [5.41, 5.74) is 0. The van der Waals surface area contributed by atoms with Gasteiger partial charge in [0.05, 0.1) is 18.3 Å². The van der Waals surface area contributed by atoms with Crippen molar-refractivity contribution in [1.29, 1.82) is 0 Å². The fourth-order valence-corrected chi connectivity index (χ4v) is 4.20. The Kier molecular flexibility index (Phi) is 3.39. The van der Waals surface area contributed by atoms with E-state index in [1.165, 1.54) is 12.8 Å². The summed E-state index contributed by atoms with van der Waals surface area (Å²) >= 11 is 0.997. The number of aromatic nitrogens is 2. The zero-order valence-corrected chi connectivity index (χ0v) is 14.2. The van der Waals surface area contributed by atoms with Crippen LogP contribution in [0.25, 0.3) is 0 Å². The largest absolute Gasteiger partial charge is 0.473 e. The zero-order chi connectivity index (χ0) is 17.0. The highest BCUT2D eigenvalue weighted by Crippen LogP contribution is 2.47. The van der Waals surface area contributed by atoms with Gasteiger partial charge in [0.2, 0.25) is 0 Å². The predicted molar refractivity (Wildman–Crippen MR) is 81.8 cm³/mol. The number of piperidine rings is 1. The molecule has 10 heteroatoms. The first-order valence-electron chi connectivity index (χ1n) is 8.49. The average Bonchev–Trinajstić information content (AvgIpc) is 2.93. The molecule has 9 nitrogen and oxygen atoms in total. The molecule has 5 rings (SSSR count). The van der Waals surface area contributed by atoms with E-state index in [-0.39, 0.29) is 11.8 Å². The molecule has 1 aromatic heterocycles. The molecule has 0 N–H and O–H groups in total. The van der Waals surface area contributed by atoms with E-state index < -0.39 is 24.0 Å². The quantitative estimate of drug-likeness (QED) is 0.527. The molecule has 3 unspecified atom stereocenters. The number of hydrogen-bond acceptors (Lipinski definition) is 10. The summed E-state index contributed by atoms with van der Waals surface area (Å²) in [7, 11) is 0. The zero-order valence-electron chi connectivity index (χ0n) is 13.4. The van der Waals surface area contributed by atoms with E-state index in [1.54, 1.807) is 0 Å². The van der Waals surface area contributed by atoms with E-state index in [1.807, 2.05) is 4.90 Å². The molecule has 25 heavy (non-hydrogen) atoms. The Labute approximate surface area is 147 Å². The minimum atomic E-state index is -1.48. The highest BCUT2D eigenvalue weighted by atomic mass is 32.1. The van der Waals surface area contributed by atoms with Crippen molar-refractivity contribution in [3.8, 4) is 11.8 Å². The molecule has 2 bridgehead atoms. The lowest BCUT2D eigenvalue weighted by Gasteiger charge is -2.36. The molecule has 0 aromatic carbocycles. The van der Waals surface area contributed by atoms with E-state index in [2.05, 4.69) is 8.75 Å².